The van der Waals surface area contributed by atoms with Crippen LogP contribution >= 0.6 is 0 Å². The van der Waals surface area contributed by atoms with E-state index in [9.17, 15) is 0 Å². The molecule has 0 nitrogen and oxygen atoms in total. The van der Waals surface area contributed by atoms with Gasteiger partial charge in [-0.2, -0.15) is 0 Å². The Labute approximate surface area is 76.7 Å². The average molecular weight is 166 g/mol. The summed E-state index contributed by atoms with van der Waals surface area (Å²) in [5, 5.41) is 0. The molecule has 0 aromatic heterocycles. The van der Waals surface area contributed by atoms with Crippen LogP contribution in [0.3, 0.4) is 0 Å². The molecule has 0 radical (unpaired) electrons. The Bertz CT molecular complexity index is 151. The topological polar surface area (TPSA) is 0 Å². The second-order valence-electron chi connectivity index (χ2n) is 6.08. The summed E-state index contributed by atoms with van der Waals surface area (Å²) in [6.07, 6.45) is 7.70. The van der Waals surface area contributed by atoms with Crippen LogP contribution in [0.1, 0.15) is 52.9 Å². The zero-order chi connectivity index (χ0) is 8.77. The molecular weight excluding hydrogens is 144 g/mol. The highest BCUT2D eigenvalue weighted by molar-refractivity contribution is 4.89. The molecule has 2 bridgehead atoms. The van der Waals surface area contributed by atoms with Gasteiger partial charge in [0.25, 0.3) is 0 Å². The second kappa shape index (κ2) is 2.75. The van der Waals surface area contributed by atoms with Crippen molar-refractivity contribution in [2.45, 2.75) is 52.9 Å². The van der Waals surface area contributed by atoms with Gasteiger partial charge in [-0.3, -0.25) is 0 Å². The van der Waals surface area contributed by atoms with Crippen LogP contribution in [0.5, 0.6) is 0 Å². The van der Waals surface area contributed by atoms with Crippen molar-refractivity contribution < 1.29 is 0 Å². The lowest BCUT2D eigenvalue weighted by Crippen LogP contribution is -2.27. The molecule has 2 unspecified atom stereocenters. The van der Waals surface area contributed by atoms with Crippen LogP contribution in [0.25, 0.3) is 0 Å². The predicted molar refractivity (Wildman–Crippen MR) is 53.0 cm³/mol. The van der Waals surface area contributed by atoms with Crippen LogP contribution in [0.4, 0.5) is 0 Å². The normalized spacial score (nSPS) is 41.8. The lowest BCUT2D eigenvalue weighted by molar-refractivity contribution is 0.136. The highest BCUT2D eigenvalue weighted by Gasteiger charge is 2.38. The van der Waals surface area contributed by atoms with Gasteiger partial charge in [-0.15, -0.1) is 0 Å². The summed E-state index contributed by atoms with van der Waals surface area (Å²) in [5.74, 6) is 3.23. The van der Waals surface area contributed by atoms with Crippen LogP contribution in [0.2, 0.25) is 0 Å². The van der Waals surface area contributed by atoms with E-state index in [2.05, 4.69) is 20.8 Å². The summed E-state index contributed by atoms with van der Waals surface area (Å²) in [6, 6.07) is 0. The number of fused-ring (bicyclic) bond motifs is 2. The number of rotatable bonds is 0. The van der Waals surface area contributed by atoms with Crippen LogP contribution < -0.4 is 0 Å². The third-order valence-corrected chi connectivity index (χ3v) is 4.11. The zero-order valence-electron chi connectivity index (χ0n) is 8.77. The van der Waals surface area contributed by atoms with Crippen molar-refractivity contribution in [3.05, 3.63) is 0 Å². The van der Waals surface area contributed by atoms with E-state index in [1.165, 1.54) is 25.7 Å². The van der Waals surface area contributed by atoms with Crippen molar-refractivity contribution in [3.63, 3.8) is 0 Å². The summed E-state index contributed by atoms with van der Waals surface area (Å²) in [4.78, 5) is 0. The van der Waals surface area contributed by atoms with Crippen LogP contribution in [-0.2, 0) is 0 Å². The molecule has 70 valence electrons. The number of hydrogen-bond donors (Lipinski definition) is 0. The highest BCUT2D eigenvalue weighted by Crippen LogP contribution is 2.49. The maximum Gasteiger partial charge on any atom is -0.0354 e. The first-order valence-electron chi connectivity index (χ1n) is 5.55. The van der Waals surface area contributed by atoms with E-state index in [0.717, 1.165) is 17.8 Å². The summed E-state index contributed by atoms with van der Waals surface area (Å²) >= 11 is 0. The molecule has 2 aliphatic rings. The van der Waals surface area contributed by atoms with E-state index in [1.54, 1.807) is 6.42 Å². The molecule has 2 atom stereocenters. The molecule has 0 amide bonds. The Balaban J connectivity index is 2.03. The molecule has 2 saturated carbocycles. The van der Waals surface area contributed by atoms with Gasteiger partial charge in [0.15, 0.2) is 0 Å². The van der Waals surface area contributed by atoms with Crippen LogP contribution in [0, 0.1) is 23.2 Å². The second-order valence-corrected chi connectivity index (χ2v) is 6.08. The summed E-state index contributed by atoms with van der Waals surface area (Å²) in [5.41, 5.74) is 0.571. The molecule has 2 aliphatic carbocycles. The van der Waals surface area contributed by atoms with E-state index in [-0.39, 0.29) is 0 Å². The Hall–Kier alpha value is 0. The maximum atomic E-state index is 2.42. The molecule has 0 saturated heterocycles. The van der Waals surface area contributed by atoms with Gasteiger partial charge in [0, 0.05) is 0 Å². The Morgan fingerprint density at radius 2 is 1.33 bits per heavy atom. The third-order valence-electron chi connectivity index (χ3n) is 4.11. The van der Waals surface area contributed by atoms with E-state index in [1.807, 2.05) is 0 Å². The SMILES string of the molecule is CC(C)(C)C1CC2CCC(C2)C1. The lowest BCUT2D eigenvalue weighted by atomic mass is 9.69. The minimum Gasteiger partial charge on any atom is -0.0599 e. The van der Waals surface area contributed by atoms with Crippen molar-refractivity contribution >= 4 is 0 Å². The molecule has 0 aromatic carbocycles. The molecule has 0 heterocycles. The largest absolute Gasteiger partial charge is 0.0599 e. The number of hydrogen-bond acceptors (Lipinski definition) is 0. The Kier molecular flexibility index (Phi) is 1.97. The molecule has 2 fully saturated rings. The first-order valence-corrected chi connectivity index (χ1v) is 5.55. The predicted octanol–water partition coefficient (Wildman–Crippen LogP) is 3.86. The van der Waals surface area contributed by atoms with Crippen molar-refractivity contribution in [2.24, 2.45) is 23.2 Å². The molecule has 0 N–H and O–H groups in total. The van der Waals surface area contributed by atoms with Gasteiger partial charge in [0.05, 0.1) is 0 Å². The van der Waals surface area contributed by atoms with Gasteiger partial charge in [0.1, 0.15) is 0 Å². The van der Waals surface area contributed by atoms with Gasteiger partial charge in [-0.05, 0) is 42.4 Å². The molecule has 0 aliphatic heterocycles. The van der Waals surface area contributed by atoms with E-state index in [0.29, 0.717) is 5.41 Å². The Morgan fingerprint density at radius 3 is 1.75 bits per heavy atom. The first kappa shape index (κ1) is 8.59. The maximum absolute atomic E-state index is 2.42. The lowest BCUT2D eigenvalue weighted by Gasteiger charge is -2.37. The first-order chi connectivity index (χ1) is 5.55. The molecule has 2 rings (SSSR count). The molecule has 0 heteroatoms. The fourth-order valence-electron chi connectivity index (χ4n) is 3.21. The minimum absolute atomic E-state index is 0.571. The molecule has 0 spiro atoms. The molecule has 12 heavy (non-hydrogen) atoms. The summed E-state index contributed by atoms with van der Waals surface area (Å²) in [6.45, 7) is 7.26. The van der Waals surface area contributed by atoms with Gasteiger partial charge in [-0.1, -0.05) is 33.6 Å². The quantitative estimate of drug-likeness (QED) is 0.512. The van der Waals surface area contributed by atoms with Crippen molar-refractivity contribution in [1.29, 1.82) is 0 Å². The van der Waals surface area contributed by atoms with E-state index < -0.39 is 0 Å². The van der Waals surface area contributed by atoms with Crippen LogP contribution in [-0.4, -0.2) is 0 Å². The van der Waals surface area contributed by atoms with Gasteiger partial charge >= 0.3 is 0 Å². The fraction of sp³-hybridized carbons (Fsp3) is 1.00. The van der Waals surface area contributed by atoms with Crippen molar-refractivity contribution in [2.75, 3.05) is 0 Å². The Morgan fingerprint density at radius 1 is 0.833 bits per heavy atom. The standard InChI is InChI=1S/C12H22/c1-12(2,3)11-7-9-4-5-10(6-9)8-11/h9-11H,4-8H2,1-3H3. The summed E-state index contributed by atoms with van der Waals surface area (Å²) in [7, 11) is 0. The molecule has 0 aromatic rings. The highest BCUT2D eigenvalue weighted by atomic mass is 14.4. The third kappa shape index (κ3) is 1.53. The van der Waals surface area contributed by atoms with Crippen LogP contribution in [0.15, 0.2) is 0 Å². The minimum atomic E-state index is 0.571. The van der Waals surface area contributed by atoms with Gasteiger partial charge in [-0.25, -0.2) is 0 Å². The monoisotopic (exact) mass is 166 g/mol. The van der Waals surface area contributed by atoms with Crippen molar-refractivity contribution in [1.82, 2.24) is 0 Å². The zero-order valence-corrected chi connectivity index (χ0v) is 8.77. The smallest absolute Gasteiger partial charge is 0.0354 e. The average Bonchev–Trinajstić information content (AvgIpc) is 2.28. The van der Waals surface area contributed by atoms with E-state index in [4.69, 9.17) is 0 Å². The molecular formula is C12H22. The summed E-state index contributed by atoms with van der Waals surface area (Å²) < 4.78 is 0. The van der Waals surface area contributed by atoms with Gasteiger partial charge in [0.2, 0.25) is 0 Å². The fourth-order valence-corrected chi connectivity index (χ4v) is 3.21. The van der Waals surface area contributed by atoms with Crippen molar-refractivity contribution in [3.8, 4) is 0 Å². The van der Waals surface area contributed by atoms with Gasteiger partial charge < -0.3 is 0 Å². The van der Waals surface area contributed by atoms with E-state index >= 15 is 0 Å².